The second-order valence-electron chi connectivity index (χ2n) is 5.66. The summed E-state index contributed by atoms with van der Waals surface area (Å²) in [5.41, 5.74) is 2.19. The number of aliphatic hydroxyl groups excluding tert-OH is 2. The molecular weight excluding hydrogens is 326 g/mol. The molecule has 0 fully saturated rings. The number of hydrogen-bond donors (Lipinski definition) is 2. The second kappa shape index (κ2) is 7.57. The fourth-order valence-corrected chi connectivity index (χ4v) is 2.64. The van der Waals surface area contributed by atoms with Crippen molar-refractivity contribution >= 4 is 11.6 Å². The van der Waals surface area contributed by atoms with Gasteiger partial charge in [0.2, 0.25) is 0 Å². The molecule has 0 aliphatic carbocycles. The quantitative estimate of drug-likeness (QED) is 0.721. The molecule has 0 amide bonds. The van der Waals surface area contributed by atoms with Crippen LogP contribution in [0.3, 0.4) is 0 Å². The Bertz CT molecular complexity index is 774. The first-order valence-corrected chi connectivity index (χ1v) is 8.05. The van der Waals surface area contributed by atoms with Crippen molar-refractivity contribution in [3.63, 3.8) is 0 Å². The lowest BCUT2D eigenvalue weighted by Gasteiger charge is -2.10. The van der Waals surface area contributed by atoms with Crippen LogP contribution in [0.5, 0.6) is 0 Å². The van der Waals surface area contributed by atoms with Crippen molar-refractivity contribution in [2.24, 2.45) is 0 Å². The van der Waals surface area contributed by atoms with Gasteiger partial charge in [0.25, 0.3) is 0 Å². The van der Waals surface area contributed by atoms with Gasteiger partial charge in [0.1, 0.15) is 11.8 Å². The van der Waals surface area contributed by atoms with Crippen LogP contribution in [0.25, 0.3) is 0 Å². The summed E-state index contributed by atoms with van der Waals surface area (Å²) in [6.45, 7) is 0.315. The van der Waals surface area contributed by atoms with E-state index in [1.165, 1.54) is 0 Å². The highest BCUT2D eigenvalue weighted by atomic mass is 35.5. The predicted molar refractivity (Wildman–Crippen MR) is 91.7 cm³/mol. The third-order valence-corrected chi connectivity index (χ3v) is 3.99. The van der Waals surface area contributed by atoms with Gasteiger partial charge in [-0.1, -0.05) is 59.3 Å². The fourth-order valence-electron chi connectivity index (χ4n) is 2.51. The molecule has 0 aliphatic rings. The average molecular weight is 344 g/mol. The molecule has 2 aromatic carbocycles. The Morgan fingerprint density at radius 1 is 1.00 bits per heavy atom. The highest BCUT2D eigenvalue weighted by Gasteiger charge is 2.16. The minimum Gasteiger partial charge on any atom is -0.391 e. The van der Waals surface area contributed by atoms with E-state index in [1.54, 1.807) is 35.1 Å². The molecule has 2 N–H and O–H groups in total. The SMILES string of the molecule is OC(c1ccc(Cl)cc1)c1cn(C[C@H](O)Cc2ccccc2)nn1. The Labute approximate surface area is 145 Å². The minimum atomic E-state index is -0.873. The summed E-state index contributed by atoms with van der Waals surface area (Å²) < 4.78 is 1.54. The van der Waals surface area contributed by atoms with Gasteiger partial charge in [0.05, 0.1) is 18.8 Å². The van der Waals surface area contributed by atoms with E-state index < -0.39 is 12.2 Å². The van der Waals surface area contributed by atoms with E-state index in [-0.39, 0.29) is 0 Å². The first-order chi connectivity index (χ1) is 11.6. The zero-order valence-corrected chi connectivity index (χ0v) is 13.7. The molecule has 0 saturated carbocycles. The summed E-state index contributed by atoms with van der Waals surface area (Å²) in [4.78, 5) is 0. The van der Waals surface area contributed by atoms with E-state index in [9.17, 15) is 10.2 Å². The maximum Gasteiger partial charge on any atom is 0.124 e. The fraction of sp³-hybridized carbons (Fsp3) is 0.222. The van der Waals surface area contributed by atoms with Crippen LogP contribution in [-0.2, 0) is 13.0 Å². The number of benzene rings is 2. The predicted octanol–water partition coefficient (Wildman–Crippen LogP) is 2.62. The first kappa shape index (κ1) is 16.6. The van der Waals surface area contributed by atoms with Gasteiger partial charge in [0.15, 0.2) is 0 Å². The molecule has 6 heteroatoms. The summed E-state index contributed by atoms with van der Waals surface area (Å²) in [6, 6.07) is 16.7. The monoisotopic (exact) mass is 343 g/mol. The summed E-state index contributed by atoms with van der Waals surface area (Å²) in [5, 5.41) is 29.1. The Balaban J connectivity index is 1.63. The summed E-state index contributed by atoms with van der Waals surface area (Å²) in [5.74, 6) is 0. The van der Waals surface area contributed by atoms with Gasteiger partial charge in [-0.25, -0.2) is 4.68 Å². The van der Waals surface area contributed by atoms with Crippen molar-refractivity contribution in [1.82, 2.24) is 15.0 Å². The van der Waals surface area contributed by atoms with E-state index in [4.69, 9.17) is 11.6 Å². The molecule has 3 rings (SSSR count). The van der Waals surface area contributed by atoms with Crippen LogP contribution in [-0.4, -0.2) is 31.3 Å². The average Bonchev–Trinajstić information content (AvgIpc) is 3.04. The molecular formula is C18H18ClN3O2. The summed E-state index contributed by atoms with van der Waals surface area (Å²) in [6.07, 6.45) is 0.736. The summed E-state index contributed by atoms with van der Waals surface area (Å²) >= 11 is 5.85. The van der Waals surface area contributed by atoms with Gasteiger partial charge in [-0.3, -0.25) is 0 Å². The van der Waals surface area contributed by atoms with Crippen LogP contribution in [0, 0.1) is 0 Å². The van der Waals surface area contributed by atoms with Gasteiger partial charge in [-0.15, -0.1) is 5.10 Å². The molecule has 5 nitrogen and oxygen atoms in total. The van der Waals surface area contributed by atoms with Crippen molar-refractivity contribution in [1.29, 1.82) is 0 Å². The summed E-state index contributed by atoms with van der Waals surface area (Å²) in [7, 11) is 0. The lowest BCUT2D eigenvalue weighted by atomic mass is 10.1. The molecule has 0 radical (unpaired) electrons. The Morgan fingerprint density at radius 3 is 2.42 bits per heavy atom. The topological polar surface area (TPSA) is 71.2 Å². The van der Waals surface area contributed by atoms with Crippen molar-refractivity contribution in [2.45, 2.75) is 25.2 Å². The molecule has 2 atom stereocenters. The smallest absolute Gasteiger partial charge is 0.124 e. The number of aliphatic hydroxyl groups is 2. The molecule has 124 valence electrons. The number of rotatable bonds is 6. The van der Waals surface area contributed by atoms with Crippen LogP contribution < -0.4 is 0 Å². The van der Waals surface area contributed by atoms with E-state index >= 15 is 0 Å². The van der Waals surface area contributed by atoms with Gasteiger partial charge in [0, 0.05) is 11.4 Å². The lowest BCUT2D eigenvalue weighted by molar-refractivity contribution is 0.148. The second-order valence-corrected chi connectivity index (χ2v) is 6.10. The van der Waals surface area contributed by atoms with Crippen LogP contribution in [0.2, 0.25) is 5.02 Å². The zero-order valence-electron chi connectivity index (χ0n) is 13.0. The zero-order chi connectivity index (χ0) is 16.9. The maximum absolute atomic E-state index is 10.3. The van der Waals surface area contributed by atoms with Gasteiger partial charge in [-0.05, 0) is 23.3 Å². The van der Waals surface area contributed by atoms with E-state index in [2.05, 4.69) is 10.3 Å². The highest BCUT2D eigenvalue weighted by molar-refractivity contribution is 6.30. The van der Waals surface area contributed by atoms with Crippen LogP contribution in [0.1, 0.15) is 22.9 Å². The number of halogens is 1. The van der Waals surface area contributed by atoms with Crippen LogP contribution >= 0.6 is 11.6 Å². The van der Waals surface area contributed by atoms with Gasteiger partial charge >= 0.3 is 0 Å². The lowest BCUT2D eigenvalue weighted by Crippen LogP contribution is -2.19. The first-order valence-electron chi connectivity index (χ1n) is 7.67. The molecule has 24 heavy (non-hydrogen) atoms. The molecule has 0 saturated heterocycles. The van der Waals surface area contributed by atoms with E-state index in [0.717, 1.165) is 5.56 Å². The Morgan fingerprint density at radius 2 is 1.71 bits per heavy atom. The molecule has 0 spiro atoms. The molecule has 1 aromatic heterocycles. The largest absolute Gasteiger partial charge is 0.391 e. The molecule has 1 unspecified atom stereocenters. The Hall–Kier alpha value is -2.21. The van der Waals surface area contributed by atoms with Crippen molar-refractivity contribution < 1.29 is 10.2 Å². The maximum atomic E-state index is 10.3. The third kappa shape index (κ3) is 4.20. The molecule has 0 bridgehead atoms. The van der Waals surface area contributed by atoms with E-state index in [0.29, 0.717) is 29.2 Å². The number of aromatic nitrogens is 3. The van der Waals surface area contributed by atoms with Gasteiger partial charge in [-0.2, -0.15) is 0 Å². The van der Waals surface area contributed by atoms with Crippen molar-refractivity contribution in [3.8, 4) is 0 Å². The third-order valence-electron chi connectivity index (χ3n) is 3.73. The number of hydrogen-bond acceptors (Lipinski definition) is 4. The standard InChI is InChI=1S/C18H18ClN3O2/c19-15-8-6-14(7-9-15)18(24)17-12-22(21-20-17)11-16(23)10-13-4-2-1-3-5-13/h1-9,12,16,18,23-24H,10-11H2/t16-,18?/m1/s1. The van der Waals surface area contributed by atoms with Crippen molar-refractivity contribution in [3.05, 3.63) is 82.6 Å². The Kier molecular flexibility index (Phi) is 5.25. The van der Waals surface area contributed by atoms with Crippen molar-refractivity contribution in [2.75, 3.05) is 0 Å². The van der Waals surface area contributed by atoms with Gasteiger partial charge < -0.3 is 10.2 Å². The van der Waals surface area contributed by atoms with Crippen LogP contribution in [0.15, 0.2) is 60.8 Å². The molecule has 0 aliphatic heterocycles. The van der Waals surface area contributed by atoms with Crippen LogP contribution in [0.4, 0.5) is 0 Å². The normalized spacial score (nSPS) is 13.6. The van der Waals surface area contributed by atoms with E-state index in [1.807, 2.05) is 30.3 Å². The minimum absolute atomic E-state index is 0.315. The highest BCUT2D eigenvalue weighted by Crippen LogP contribution is 2.21. The molecule has 3 aromatic rings. The number of nitrogens with zero attached hydrogens (tertiary/aromatic N) is 3. The molecule has 1 heterocycles.